The zero-order valence-electron chi connectivity index (χ0n) is 19.0. The smallest absolute Gasteiger partial charge is 0.341 e. The molecule has 12 nitrogen and oxygen atoms in total. The molecular formula is C23H23N7O5S. The van der Waals surface area contributed by atoms with Gasteiger partial charge in [-0.3, -0.25) is 0 Å². The molecule has 4 atom stereocenters. The van der Waals surface area contributed by atoms with Crippen LogP contribution < -0.4 is 9.46 Å². The summed E-state index contributed by atoms with van der Waals surface area (Å²) in [5.74, 6) is 0.444. The monoisotopic (exact) mass is 509 g/mol. The molecule has 2 aromatic heterocycles. The van der Waals surface area contributed by atoms with Crippen LogP contribution in [0.4, 0.5) is 0 Å². The number of rotatable bonds is 8. The maximum atomic E-state index is 12.7. The Morgan fingerprint density at radius 1 is 1.03 bits per heavy atom. The molecule has 2 aliphatic rings. The Kier molecular flexibility index (Phi) is 5.97. The molecule has 0 bridgehead atoms. The van der Waals surface area contributed by atoms with Crippen molar-refractivity contribution in [1.82, 2.24) is 34.5 Å². The molecule has 2 saturated heterocycles. The van der Waals surface area contributed by atoms with Gasteiger partial charge in [-0.05, 0) is 40.3 Å². The molecule has 2 fully saturated rings. The number of hydrogen-bond acceptors (Lipinski definition) is 9. The average molecular weight is 510 g/mol. The van der Waals surface area contributed by atoms with Crippen molar-refractivity contribution in [3.63, 3.8) is 0 Å². The van der Waals surface area contributed by atoms with Crippen LogP contribution >= 0.6 is 0 Å². The second-order valence-corrected chi connectivity index (χ2v) is 10.4. The van der Waals surface area contributed by atoms with Gasteiger partial charge in [0.2, 0.25) is 10.0 Å². The van der Waals surface area contributed by atoms with E-state index in [0.29, 0.717) is 11.3 Å². The topological polar surface area (TPSA) is 135 Å². The minimum atomic E-state index is -3.58. The summed E-state index contributed by atoms with van der Waals surface area (Å²) in [7, 11) is -3.58. The molecular weight excluding hydrogens is 486 g/mol. The molecule has 4 aromatic rings. The van der Waals surface area contributed by atoms with Crippen molar-refractivity contribution in [3.05, 3.63) is 78.9 Å². The highest BCUT2D eigenvalue weighted by Gasteiger charge is 2.50. The summed E-state index contributed by atoms with van der Waals surface area (Å²) in [6.45, 7) is 0.446. The summed E-state index contributed by atoms with van der Waals surface area (Å²) in [4.78, 5) is 4.05. The zero-order valence-corrected chi connectivity index (χ0v) is 19.8. The minimum absolute atomic E-state index is 0.115. The number of sulfonamides is 1. The number of aromatic nitrogens is 6. The molecule has 4 heterocycles. The van der Waals surface area contributed by atoms with E-state index in [1.165, 1.54) is 4.68 Å². The normalized spacial score (nSPS) is 23.6. The van der Waals surface area contributed by atoms with Crippen LogP contribution in [0.1, 0.15) is 11.6 Å². The Morgan fingerprint density at radius 2 is 1.83 bits per heavy atom. The van der Waals surface area contributed by atoms with E-state index < -0.39 is 28.3 Å². The largest absolute Gasteiger partial charge is 0.423 e. The molecule has 2 aromatic carbocycles. The van der Waals surface area contributed by atoms with Gasteiger partial charge in [0.05, 0.1) is 31.3 Å². The lowest BCUT2D eigenvalue weighted by Gasteiger charge is -2.18. The van der Waals surface area contributed by atoms with E-state index >= 15 is 0 Å². The molecule has 6 rings (SSSR count). The van der Waals surface area contributed by atoms with Gasteiger partial charge >= 0.3 is 6.01 Å². The van der Waals surface area contributed by atoms with Crippen molar-refractivity contribution < 1.29 is 22.6 Å². The van der Waals surface area contributed by atoms with Gasteiger partial charge in [0.1, 0.15) is 24.0 Å². The third-order valence-electron chi connectivity index (χ3n) is 6.18. The Balaban J connectivity index is 1.12. The van der Waals surface area contributed by atoms with Crippen LogP contribution in [0.5, 0.6) is 11.8 Å². The van der Waals surface area contributed by atoms with Crippen molar-refractivity contribution in [1.29, 1.82) is 0 Å². The Morgan fingerprint density at radius 3 is 2.61 bits per heavy atom. The summed E-state index contributed by atoms with van der Waals surface area (Å²) in [5.41, 5.74) is 1.64. The van der Waals surface area contributed by atoms with Crippen LogP contribution in [0.25, 0.3) is 5.69 Å². The summed E-state index contributed by atoms with van der Waals surface area (Å²) >= 11 is 0. The fraction of sp³-hybridized carbons (Fsp3) is 0.304. The second kappa shape index (κ2) is 9.43. The summed E-state index contributed by atoms with van der Waals surface area (Å²) in [5, 5.41) is 11.9. The lowest BCUT2D eigenvalue weighted by Crippen LogP contribution is -2.44. The van der Waals surface area contributed by atoms with Crippen LogP contribution in [0.3, 0.4) is 0 Å². The maximum absolute atomic E-state index is 12.7. The summed E-state index contributed by atoms with van der Waals surface area (Å²) in [6, 6.07) is 15.7. The van der Waals surface area contributed by atoms with Gasteiger partial charge in [-0.15, -0.1) is 0 Å². The van der Waals surface area contributed by atoms with E-state index in [9.17, 15) is 8.42 Å². The number of fused-ring (bicyclic) bond motifs is 1. The standard InChI is InChI=1S/C23H23N7O5S/c31-36(32,14-16-4-2-1-3-5-16)26-19-12-33-22-20(13-34-21(19)22)30-23(25-27-28-30)35-18-8-6-17(7-9-18)29-11-10-24-15-29/h1-11,15,19-22,26H,12-14H2. The van der Waals surface area contributed by atoms with Crippen molar-refractivity contribution in [2.45, 2.75) is 30.0 Å². The molecule has 4 unspecified atom stereocenters. The van der Waals surface area contributed by atoms with E-state index in [-0.39, 0.29) is 31.0 Å². The van der Waals surface area contributed by atoms with E-state index in [2.05, 4.69) is 25.2 Å². The molecule has 0 aliphatic carbocycles. The molecule has 36 heavy (non-hydrogen) atoms. The first-order valence-electron chi connectivity index (χ1n) is 11.4. The quantitative estimate of drug-likeness (QED) is 0.375. The maximum Gasteiger partial charge on any atom is 0.341 e. The molecule has 2 aliphatic heterocycles. The van der Waals surface area contributed by atoms with Gasteiger partial charge in [-0.25, -0.2) is 18.1 Å². The number of nitrogens with one attached hydrogen (secondary N) is 1. The molecule has 0 spiro atoms. The molecule has 0 saturated carbocycles. The summed E-state index contributed by atoms with van der Waals surface area (Å²) in [6.07, 6.45) is 4.38. The van der Waals surface area contributed by atoms with Crippen molar-refractivity contribution >= 4 is 10.0 Å². The van der Waals surface area contributed by atoms with Crippen LogP contribution in [0, 0.1) is 0 Å². The third kappa shape index (κ3) is 4.60. The molecule has 1 N–H and O–H groups in total. The second-order valence-electron chi connectivity index (χ2n) is 8.60. The Hall–Kier alpha value is -3.65. The fourth-order valence-electron chi connectivity index (χ4n) is 4.52. The van der Waals surface area contributed by atoms with E-state index in [1.54, 1.807) is 24.7 Å². The van der Waals surface area contributed by atoms with E-state index in [1.807, 2.05) is 53.2 Å². The molecule has 0 amide bonds. The van der Waals surface area contributed by atoms with Gasteiger partial charge in [0, 0.05) is 18.1 Å². The zero-order chi connectivity index (χ0) is 24.5. The highest BCUT2D eigenvalue weighted by molar-refractivity contribution is 7.88. The Bertz CT molecular complexity index is 1410. The van der Waals surface area contributed by atoms with Gasteiger partial charge < -0.3 is 18.8 Å². The number of ether oxygens (including phenoxy) is 3. The van der Waals surface area contributed by atoms with Crippen LogP contribution in [-0.4, -0.2) is 69.6 Å². The van der Waals surface area contributed by atoms with Gasteiger partial charge in [0.25, 0.3) is 0 Å². The van der Waals surface area contributed by atoms with Crippen molar-refractivity contribution in [2.24, 2.45) is 0 Å². The van der Waals surface area contributed by atoms with Gasteiger partial charge in [-0.2, -0.15) is 4.68 Å². The number of nitrogens with zero attached hydrogens (tertiary/aromatic N) is 6. The van der Waals surface area contributed by atoms with Crippen LogP contribution in [-0.2, 0) is 25.2 Å². The number of tetrazole rings is 1. The highest BCUT2D eigenvalue weighted by Crippen LogP contribution is 2.36. The van der Waals surface area contributed by atoms with Crippen molar-refractivity contribution in [2.75, 3.05) is 13.2 Å². The van der Waals surface area contributed by atoms with Crippen LogP contribution in [0.2, 0.25) is 0 Å². The van der Waals surface area contributed by atoms with Crippen molar-refractivity contribution in [3.8, 4) is 17.4 Å². The fourth-order valence-corrected chi connectivity index (χ4v) is 5.90. The number of hydrogen-bond donors (Lipinski definition) is 1. The first kappa shape index (κ1) is 22.8. The molecule has 0 radical (unpaired) electrons. The number of imidazole rings is 1. The molecule has 186 valence electrons. The van der Waals surface area contributed by atoms with E-state index in [0.717, 1.165) is 5.69 Å². The first-order valence-corrected chi connectivity index (χ1v) is 13.0. The lowest BCUT2D eigenvalue weighted by molar-refractivity contribution is 0.0615. The summed E-state index contributed by atoms with van der Waals surface area (Å²) < 4.78 is 49.4. The highest BCUT2D eigenvalue weighted by atomic mass is 32.2. The molecule has 13 heteroatoms. The lowest BCUT2D eigenvalue weighted by atomic mass is 10.1. The predicted octanol–water partition coefficient (Wildman–Crippen LogP) is 1.48. The van der Waals surface area contributed by atoms with Gasteiger partial charge in [-0.1, -0.05) is 35.4 Å². The SMILES string of the molecule is O=S(=O)(Cc1ccccc1)NC1COC2C1OCC2n1nnnc1Oc1ccc(-n2ccnc2)cc1. The average Bonchev–Trinajstić information content (AvgIpc) is 3.67. The minimum Gasteiger partial charge on any atom is -0.423 e. The predicted molar refractivity (Wildman–Crippen MR) is 126 cm³/mol. The first-order chi connectivity index (χ1) is 17.6. The number of benzene rings is 2. The van der Waals surface area contributed by atoms with Crippen LogP contribution in [0.15, 0.2) is 73.3 Å². The third-order valence-corrected chi connectivity index (χ3v) is 7.56. The van der Waals surface area contributed by atoms with E-state index in [4.69, 9.17) is 14.2 Å². The van der Waals surface area contributed by atoms with Gasteiger partial charge in [0.15, 0.2) is 0 Å². The Labute approximate surface area is 206 Å².